The van der Waals surface area contributed by atoms with Gasteiger partial charge in [0.05, 0.1) is 6.20 Å². The first-order chi connectivity index (χ1) is 9.74. The molecule has 4 rings (SSSR count). The molecular formula is C15H11Cl2N3. The van der Waals surface area contributed by atoms with Crippen LogP contribution in [0.4, 0.5) is 0 Å². The van der Waals surface area contributed by atoms with E-state index < -0.39 is 0 Å². The molecule has 0 aliphatic heterocycles. The van der Waals surface area contributed by atoms with E-state index in [2.05, 4.69) is 5.10 Å². The molecule has 100 valence electrons. The normalized spacial score (nSPS) is 13.9. The van der Waals surface area contributed by atoms with Crippen molar-refractivity contribution in [3.05, 3.63) is 51.9 Å². The van der Waals surface area contributed by atoms with Gasteiger partial charge in [0.25, 0.3) is 0 Å². The molecule has 1 aliphatic rings. The lowest BCUT2D eigenvalue weighted by Crippen LogP contribution is -1.99. The Labute approximate surface area is 126 Å². The van der Waals surface area contributed by atoms with Gasteiger partial charge in [-0.15, -0.1) is 0 Å². The minimum absolute atomic E-state index is 0.691. The second-order valence-electron chi connectivity index (χ2n) is 4.99. The smallest absolute Gasteiger partial charge is 0.164 e. The zero-order valence-electron chi connectivity index (χ0n) is 10.6. The van der Waals surface area contributed by atoms with E-state index in [0.717, 1.165) is 47.3 Å². The number of rotatable bonds is 1. The second kappa shape index (κ2) is 4.47. The lowest BCUT2D eigenvalue weighted by Gasteiger charge is -2.05. The molecule has 3 aromatic rings. The molecule has 0 bridgehead atoms. The third-order valence-corrected chi connectivity index (χ3v) is 4.37. The van der Waals surface area contributed by atoms with Crippen LogP contribution in [-0.4, -0.2) is 14.6 Å². The molecule has 0 radical (unpaired) electrons. The summed E-state index contributed by atoms with van der Waals surface area (Å²) in [5.41, 5.74) is 5.02. The van der Waals surface area contributed by atoms with Gasteiger partial charge in [-0.1, -0.05) is 35.3 Å². The largest absolute Gasteiger partial charge is 0.233 e. The number of aromatic nitrogens is 3. The van der Waals surface area contributed by atoms with Crippen LogP contribution >= 0.6 is 23.2 Å². The van der Waals surface area contributed by atoms with Crippen molar-refractivity contribution in [3.63, 3.8) is 0 Å². The first kappa shape index (κ1) is 12.2. The van der Waals surface area contributed by atoms with E-state index >= 15 is 0 Å². The number of nitrogens with zero attached hydrogens (tertiary/aromatic N) is 3. The van der Waals surface area contributed by atoms with Gasteiger partial charge >= 0.3 is 0 Å². The van der Waals surface area contributed by atoms with Gasteiger partial charge in [-0.2, -0.15) is 5.10 Å². The van der Waals surface area contributed by atoms with Crippen molar-refractivity contribution < 1.29 is 0 Å². The Morgan fingerprint density at radius 2 is 2.05 bits per heavy atom. The summed E-state index contributed by atoms with van der Waals surface area (Å²) in [6, 6.07) is 7.71. The Morgan fingerprint density at radius 1 is 1.15 bits per heavy atom. The molecule has 5 heteroatoms. The summed E-state index contributed by atoms with van der Waals surface area (Å²) in [6.07, 6.45) is 4.89. The van der Waals surface area contributed by atoms with E-state index in [-0.39, 0.29) is 0 Å². The number of benzene rings is 1. The average molecular weight is 304 g/mol. The molecule has 0 saturated heterocycles. The summed E-state index contributed by atoms with van der Waals surface area (Å²) in [5, 5.41) is 5.77. The fourth-order valence-electron chi connectivity index (χ4n) is 2.78. The maximum absolute atomic E-state index is 6.45. The molecule has 20 heavy (non-hydrogen) atoms. The molecule has 0 unspecified atom stereocenters. The first-order valence-electron chi connectivity index (χ1n) is 6.55. The van der Waals surface area contributed by atoms with Gasteiger partial charge in [-0.3, -0.25) is 0 Å². The van der Waals surface area contributed by atoms with Crippen LogP contribution in [0.1, 0.15) is 17.7 Å². The van der Waals surface area contributed by atoms with Crippen LogP contribution in [0.3, 0.4) is 0 Å². The van der Waals surface area contributed by atoms with Gasteiger partial charge in [-0.25, -0.2) is 9.50 Å². The van der Waals surface area contributed by atoms with Crippen molar-refractivity contribution in [1.29, 1.82) is 0 Å². The molecule has 0 N–H and O–H groups in total. The summed E-state index contributed by atoms with van der Waals surface area (Å²) in [5.74, 6) is 0. The Balaban J connectivity index is 2.00. The van der Waals surface area contributed by atoms with E-state index in [4.69, 9.17) is 28.2 Å². The molecule has 1 aromatic carbocycles. The number of hydrogen-bond acceptors (Lipinski definition) is 2. The van der Waals surface area contributed by atoms with Gasteiger partial charge in [-0.05, 0) is 37.0 Å². The number of fused-ring (bicyclic) bond motifs is 2. The van der Waals surface area contributed by atoms with Crippen molar-refractivity contribution in [2.45, 2.75) is 19.3 Å². The predicted octanol–water partition coefficient (Wildman–Crippen LogP) is 4.19. The highest BCUT2D eigenvalue weighted by Gasteiger charge is 2.21. The van der Waals surface area contributed by atoms with Crippen LogP contribution in [0.5, 0.6) is 0 Å². The van der Waals surface area contributed by atoms with Crippen LogP contribution < -0.4 is 0 Å². The highest BCUT2D eigenvalue weighted by molar-refractivity contribution is 6.31. The van der Waals surface area contributed by atoms with E-state index in [1.165, 1.54) is 0 Å². The molecule has 1 aliphatic carbocycles. The summed E-state index contributed by atoms with van der Waals surface area (Å²) >= 11 is 12.5. The molecule has 0 fully saturated rings. The van der Waals surface area contributed by atoms with E-state index in [1.807, 2.05) is 24.3 Å². The van der Waals surface area contributed by atoms with Crippen molar-refractivity contribution in [2.24, 2.45) is 0 Å². The number of halogens is 2. The first-order valence-corrected chi connectivity index (χ1v) is 7.30. The van der Waals surface area contributed by atoms with Gasteiger partial charge in [0, 0.05) is 21.8 Å². The van der Waals surface area contributed by atoms with Crippen LogP contribution in [0.15, 0.2) is 30.5 Å². The third-order valence-electron chi connectivity index (χ3n) is 3.74. The van der Waals surface area contributed by atoms with Gasteiger partial charge in [0.15, 0.2) is 5.65 Å². The maximum Gasteiger partial charge on any atom is 0.164 e. The molecule has 3 nitrogen and oxygen atoms in total. The lowest BCUT2D eigenvalue weighted by atomic mass is 10.1. The maximum atomic E-state index is 6.45. The number of aryl methyl sites for hydroxylation is 1. The van der Waals surface area contributed by atoms with E-state index in [1.54, 1.807) is 10.7 Å². The SMILES string of the molecule is Clc1cccc(-c2cnn3c(Cl)c4c(nc23)CCC4)c1. The summed E-state index contributed by atoms with van der Waals surface area (Å²) < 4.78 is 1.72. The monoisotopic (exact) mass is 303 g/mol. The Kier molecular flexibility index (Phi) is 2.72. The third kappa shape index (κ3) is 1.74. The van der Waals surface area contributed by atoms with Crippen LogP contribution in [0, 0.1) is 0 Å². The highest BCUT2D eigenvalue weighted by Crippen LogP contribution is 2.32. The Hall–Kier alpha value is -1.58. The fraction of sp³-hybridized carbons (Fsp3) is 0.200. The zero-order valence-corrected chi connectivity index (χ0v) is 12.1. The van der Waals surface area contributed by atoms with Crippen molar-refractivity contribution >= 4 is 28.8 Å². The standard InChI is InChI=1S/C15H11Cl2N3/c16-10-4-1-3-9(7-10)12-8-18-20-14(17)11-5-2-6-13(11)19-15(12)20/h1,3-4,7-8H,2,5-6H2. The fourth-order valence-corrected chi connectivity index (χ4v) is 3.30. The molecular weight excluding hydrogens is 293 g/mol. The quantitative estimate of drug-likeness (QED) is 0.631. The Morgan fingerprint density at radius 3 is 2.90 bits per heavy atom. The van der Waals surface area contributed by atoms with Gasteiger partial charge < -0.3 is 0 Å². The van der Waals surface area contributed by atoms with Crippen LogP contribution in [0.25, 0.3) is 16.8 Å². The molecule has 0 atom stereocenters. The van der Waals surface area contributed by atoms with Crippen molar-refractivity contribution in [2.75, 3.05) is 0 Å². The van der Waals surface area contributed by atoms with Crippen LogP contribution in [-0.2, 0) is 12.8 Å². The second-order valence-corrected chi connectivity index (χ2v) is 5.78. The van der Waals surface area contributed by atoms with E-state index in [9.17, 15) is 0 Å². The van der Waals surface area contributed by atoms with Gasteiger partial charge in [0.1, 0.15) is 5.15 Å². The lowest BCUT2D eigenvalue weighted by molar-refractivity contribution is 0.900. The minimum atomic E-state index is 0.691. The molecule has 0 spiro atoms. The number of hydrogen-bond donors (Lipinski definition) is 0. The van der Waals surface area contributed by atoms with E-state index in [0.29, 0.717) is 10.2 Å². The average Bonchev–Trinajstić information content (AvgIpc) is 3.05. The zero-order chi connectivity index (χ0) is 13.7. The summed E-state index contributed by atoms with van der Waals surface area (Å²) in [4.78, 5) is 4.76. The molecule has 2 aromatic heterocycles. The minimum Gasteiger partial charge on any atom is -0.233 e. The summed E-state index contributed by atoms with van der Waals surface area (Å²) in [7, 11) is 0. The van der Waals surface area contributed by atoms with Crippen LogP contribution in [0.2, 0.25) is 10.2 Å². The highest BCUT2D eigenvalue weighted by atomic mass is 35.5. The van der Waals surface area contributed by atoms with Crippen molar-refractivity contribution in [1.82, 2.24) is 14.6 Å². The topological polar surface area (TPSA) is 30.2 Å². The molecule has 2 heterocycles. The predicted molar refractivity (Wildman–Crippen MR) is 80.5 cm³/mol. The van der Waals surface area contributed by atoms with Gasteiger partial charge in [0.2, 0.25) is 0 Å². The molecule has 0 amide bonds. The van der Waals surface area contributed by atoms with Crippen molar-refractivity contribution in [3.8, 4) is 11.1 Å². The Bertz CT molecular complexity index is 823. The summed E-state index contributed by atoms with van der Waals surface area (Å²) in [6.45, 7) is 0. The molecule has 0 saturated carbocycles.